The molecule has 4 nitrogen and oxygen atoms in total. The van der Waals surface area contributed by atoms with E-state index in [1.807, 2.05) is 13.0 Å². The zero-order valence-electron chi connectivity index (χ0n) is 10.9. The van der Waals surface area contributed by atoms with Crippen LogP contribution >= 0.6 is 0 Å². The minimum Gasteiger partial charge on any atom is -0.370 e. The van der Waals surface area contributed by atoms with Crippen molar-refractivity contribution in [2.75, 3.05) is 18.1 Å². The van der Waals surface area contributed by atoms with E-state index in [-0.39, 0.29) is 5.25 Å². The summed E-state index contributed by atoms with van der Waals surface area (Å²) < 4.78 is 11.2. The van der Waals surface area contributed by atoms with Gasteiger partial charge in [-0.2, -0.15) is 0 Å². The number of nitrogens with zero attached hydrogens (tertiary/aromatic N) is 2. The van der Waals surface area contributed by atoms with Crippen molar-refractivity contribution in [2.24, 2.45) is 0 Å². The van der Waals surface area contributed by atoms with E-state index in [4.69, 9.17) is 0 Å². The minimum atomic E-state index is -0.753. The molecule has 0 spiro atoms. The maximum Gasteiger partial charge on any atom is 0.129 e. The maximum atomic E-state index is 11.2. The van der Waals surface area contributed by atoms with Crippen molar-refractivity contribution in [1.29, 1.82) is 0 Å². The predicted octanol–water partition coefficient (Wildman–Crippen LogP) is 2.17. The topological polar surface area (TPSA) is 54.9 Å². The predicted molar refractivity (Wildman–Crippen MR) is 72.8 cm³/mol. The van der Waals surface area contributed by atoms with Crippen LogP contribution in [0.2, 0.25) is 0 Å². The Morgan fingerprint density at radius 3 is 2.65 bits per heavy atom. The molecule has 0 aliphatic carbocycles. The highest BCUT2D eigenvalue weighted by Gasteiger charge is 2.06. The van der Waals surface area contributed by atoms with Crippen LogP contribution < -0.4 is 5.32 Å². The number of anilines is 1. The van der Waals surface area contributed by atoms with Crippen LogP contribution in [0.25, 0.3) is 0 Å². The lowest BCUT2D eigenvalue weighted by molar-refractivity contribution is 0.672. The second kappa shape index (κ2) is 6.69. The molecule has 1 heterocycles. The van der Waals surface area contributed by atoms with Crippen LogP contribution in [0.1, 0.15) is 38.8 Å². The second-order valence-electron chi connectivity index (χ2n) is 4.51. The first kappa shape index (κ1) is 14.1. The summed E-state index contributed by atoms with van der Waals surface area (Å²) in [5.41, 5.74) is 1.04. The van der Waals surface area contributed by atoms with Crippen LogP contribution in [-0.4, -0.2) is 32.2 Å². The van der Waals surface area contributed by atoms with E-state index >= 15 is 0 Å². The molecule has 0 aliphatic rings. The van der Waals surface area contributed by atoms with Gasteiger partial charge in [0.05, 0.1) is 0 Å². The van der Waals surface area contributed by atoms with E-state index in [0.29, 0.717) is 5.92 Å². The molecule has 0 saturated carbocycles. The molecule has 2 atom stereocenters. The summed E-state index contributed by atoms with van der Waals surface area (Å²) in [4.78, 5) is 8.38. The Kier molecular flexibility index (Phi) is 5.55. The Morgan fingerprint density at radius 1 is 1.35 bits per heavy atom. The Balaban J connectivity index is 2.47. The minimum absolute atomic E-state index is 0.217. The van der Waals surface area contributed by atoms with E-state index in [0.717, 1.165) is 24.5 Å². The molecule has 0 saturated heterocycles. The molecular formula is C12H21N3OS. The third-order valence-electron chi connectivity index (χ3n) is 2.70. The zero-order valence-corrected chi connectivity index (χ0v) is 11.8. The maximum absolute atomic E-state index is 11.2. The average molecular weight is 255 g/mol. The third kappa shape index (κ3) is 4.81. The lowest BCUT2D eigenvalue weighted by Crippen LogP contribution is -2.15. The van der Waals surface area contributed by atoms with Gasteiger partial charge in [0, 0.05) is 40.6 Å². The lowest BCUT2D eigenvalue weighted by Gasteiger charge is -2.11. The molecule has 2 unspecified atom stereocenters. The van der Waals surface area contributed by atoms with Crippen LogP contribution in [-0.2, 0) is 10.8 Å². The summed E-state index contributed by atoms with van der Waals surface area (Å²) in [7, 11) is -0.753. The largest absolute Gasteiger partial charge is 0.370 e. The number of hydrogen-bond donors (Lipinski definition) is 1. The monoisotopic (exact) mass is 255 g/mol. The average Bonchev–Trinajstić information content (AvgIpc) is 2.29. The van der Waals surface area contributed by atoms with Crippen LogP contribution in [0, 0.1) is 0 Å². The van der Waals surface area contributed by atoms with Crippen molar-refractivity contribution >= 4 is 16.6 Å². The van der Waals surface area contributed by atoms with Gasteiger partial charge in [-0.25, -0.2) is 9.97 Å². The number of nitrogens with one attached hydrogen (secondary N) is 1. The number of rotatable bonds is 6. The highest BCUT2D eigenvalue weighted by Crippen LogP contribution is 2.13. The van der Waals surface area contributed by atoms with Crippen molar-refractivity contribution in [3.63, 3.8) is 0 Å². The van der Waals surface area contributed by atoms with Gasteiger partial charge in [-0.15, -0.1) is 0 Å². The highest BCUT2D eigenvalue weighted by molar-refractivity contribution is 7.84. The summed E-state index contributed by atoms with van der Waals surface area (Å²) in [6.07, 6.45) is 4.20. The normalized spacial score (nSPS) is 14.6. The number of aromatic nitrogens is 2. The third-order valence-corrected chi connectivity index (χ3v) is 4.07. The van der Waals surface area contributed by atoms with Crippen molar-refractivity contribution in [2.45, 2.75) is 38.4 Å². The standard InChI is InChI=1S/C12H21N3OS/c1-9(2)11-7-12(15-8-14-11)13-6-5-10(3)17(4)16/h7-10H,5-6H2,1-4H3,(H,13,14,15). The van der Waals surface area contributed by atoms with Gasteiger partial charge < -0.3 is 5.32 Å². The molecule has 0 bridgehead atoms. The molecule has 0 amide bonds. The van der Waals surface area contributed by atoms with Crippen molar-refractivity contribution < 1.29 is 4.21 Å². The molecule has 0 fully saturated rings. The lowest BCUT2D eigenvalue weighted by atomic mass is 10.1. The highest BCUT2D eigenvalue weighted by atomic mass is 32.2. The van der Waals surface area contributed by atoms with Gasteiger partial charge in [-0.1, -0.05) is 20.8 Å². The molecule has 96 valence electrons. The molecule has 17 heavy (non-hydrogen) atoms. The first-order valence-electron chi connectivity index (χ1n) is 5.88. The molecule has 0 aromatic carbocycles. The SMILES string of the molecule is CC(C)c1cc(NCCC(C)S(C)=O)ncn1. The van der Waals surface area contributed by atoms with Crippen LogP contribution in [0.15, 0.2) is 12.4 Å². The molecule has 0 radical (unpaired) electrons. The van der Waals surface area contributed by atoms with Gasteiger partial charge in [0.15, 0.2) is 0 Å². The van der Waals surface area contributed by atoms with E-state index in [1.54, 1.807) is 12.6 Å². The van der Waals surface area contributed by atoms with E-state index in [2.05, 4.69) is 29.1 Å². The van der Waals surface area contributed by atoms with E-state index < -0.39 is 10.8 Å². The first-order valence-corrected chi connectivity index (χ1v) is 7.51. The molecule has 5 heteroatoms. The summed E-state index contributed by atoms with van der Waals surface area (Å²) >= 11 is 0. The van der Waals surface area contributed by atoms with Crippen LogP contribution in [0.3, 0.4) is 0 Å². The molecule has 1 N–H and O–H groups in total. The van der Waals surface area contributed by atoms with E-state index in [1.165, 1.54) is 0 Å². The van der Waals surface area contributed by atoms with Crippen molar-refractivity contribution in [1.82, 2.24) is 9.97 Å². The molecule has 0 aliphatic heterocycles. The van der Waals surface area contributed by atoms with Crippen LogP contribution in [0.4, 0.5) is 5.82 Å². The first-order chi connectivity index (χ1) is 8.00. The summed E-state index contributed by atoms with van der Waals surface area (Å²) in [5.74, 6) is 1.25. The van der Waals surface area contributed by atoms with Gasteiger partial charge in [0.2, 0.25) is 0 Å². The Labute approximate surface area is 106 Å². The fraction of sp³-hybridized carbons (Fsp3) is 0.667. The molecule has 1 aromatic rings. The van der Waals surface area contributed by atoms with Crippen LogP contribution in [0.5, 0.6) is 0 Å². The fourth-order valence-corrected chi connectivity index (χ4v) is 1.80. The Hall–Kier alpha value is -0.970. The summed E-state index contributed by atoms with van der Waals surface area (Å²) in [6, 6.07) is 1.97. The zero-order chi connectivity index (χ0) is 12.8. The summed E-state index contributed by atoms with van der Waals surface area (Å²) in [6.45, 7) is 7.00. The smallest absolute Gasteiger partial charge is 0.129 e. The second-order valence-corrected chi connectivity index (χ2v) is 6.31. The molecular weight excluding hydrogens is 234 g/mol. The van der Waals surface area contributed by atoms with Crippen molar-refractivity contribution in [3.8, 4) is 0 Å². The fourth-order valence-electron chi connectivity index (χ4n) is 1.35. The summed E-state index contributed by atoms with van der Waals surface area (Å²) in [5, 5.41) is 3.46. The van der Waals surface area contributed by atoms with Gasteiger partial charge in [0.1, 0.15) is 12.1 Å². The van der Waals surface area contributed by atoms with Gasteiger partial charge in [0.25, 0.3) is 0 Å². The van der Waals surface area contributed by atoms with Gasteiger partial charge >= 0.3 is 0 Å². The number of hydrogen-bond acceptors (Lipinski definition) is 4. The van der Waals surface area contributed by atoms with E-state index in [9.17, 15) is 4.21 Å². The van der Waals surface area contributed by atoms with Gasteiger partial charge in [-0.05, 0) is 12.3 Å². The molecule has 1 aromatic heterocycles. The Bertz CT molecular complexity index is 382. The Morgan fingerprint density at radius 2 is 2.06 bits per heavy atom. The van der Waals surface area contributed by atoms with Gasteiger partial charge in [-0.3, -0.25) is 4.21 Å². The van der Waals surface area contributed by atoms with Crippen molar-refractivity contribution in [3.05, 3.63) is 18.1 Å². The molecule has 1 rings (SSSR count). The quantitative estimate of drug-likeness (QED) is 0.846.